The maximum Gasteiger partial charge on any atom is 0.0950 e. The lowest BCUT2D eigenvalue weighted by molar-refractivity contribution is 0.108. The number of nitrogens with zero attached hydrogens (tertiary/aromatic N) is 3. The normalized spacial score (nSPS) is 20.9. The molecule has 0 aromatic carbocycles. The van der Waals surface area contributed by atoms with Crippen LogP contribution < -0.4 is 5.32 Å². The van der Waals surface area contributed by atoms with Gasteiger partial charge in [0.25, 0.3) is 0 Å². The Balaban J connectivity index is 2.04. The monoisotopic (exact) mass is 214 g/mol. The molecule has 1 aliphatic rings. The quantitative estimate of drug-likeness (QED) is 0.709. The van der Waals surface area contributed by atoms with E-state index in [0.717, 1.165) is 31.9 Å². The van der Waals surface area contributed by atoms with Crippen LogP contribution >= 0.6 is 11.5 Å². The fraction of sp³-hybridized carbons (Fsp3) is 0.750. The van der Waals surface area contributed by atoms with Gasteiger partial charge in [0.2, 0.25) is 0 Å². The van der Waals surface area contributed by atoms with Gasteiger partial charge in [-0.3, -0.25) is 4.90 Å². The summed E-state index contributed by atoms with van der Waals surface area (Å²) in [7, 11) is 0. The molecule has 1 fully saturated rings. The number of piperazine rings is 1. The van der Waals surface area contributed by atoms with Gasteiger partial charge in [-0.1, -0.05) is 4.49 Å². The molecule has 1 aromatic heterocycles. The molecule has 1 unspecified atom stereocenters. The summed E-state index contributed by atoms with van der Waals surface area (Å²) in [6, 6.07) is 0.0239. The fourth-order valence-electron chi connectivity index (χ4n) is 1.71. The Hall–Kier alpha value is -0.560. The number of aromatic nitrogens is 2. The van der Waals surface area contributed by atoms with Gasteiger partial charge in [-0.05, 0) is 11.5 Å². The van der Waals surface area contributed by atoms with Crippen molar-refractivity contribution in [3.05, 3.63) is 11.1 Å². The van der Waals surface area contributed by atoms with E-state index in [4.69, 9.17) is 0 Å². The van der Waals surface area contributed by atoms with E-state index in [-0.39, 0.29) is 12.6 Å². The minimum absolute atomic E-state index is 0.0239. The Morgan fingerprint density at radius 3 is 2.93 bits per heavy atom. The molecule has 14 heavy (non-hydrogen) atoms. The number of hydrogen-bond acceptors (Lipinski definition) is 6. The largest absolute Gasteiger partial charge is 0.394 e. The SMILES string of the molecule is OCC(c1csnn1)N1CCNCC1. The molecular formula is C8H14N4OS. The highest BCUT2D eigenvalue weighted by Gasteiger charge is 2.22. The maximum absolute atomic E-state index is 9.32. The zero-order chi connectivity index (χ0) is 9.80. The smallest absolute Gasteiger partial charge is 0.0950 e. The van der Waals surface area contributed by atoms with Crippen LogP contribution in [0.25, 0.3) is 0 Å². The second kappa shape index (κ2) is 4.79. The Morgan fingerprint density at radius 1 is 1.57 bits per heavy atom. The highest BCUT2D eigenvalue weighted by Crippen LogP contribution is 2.18. The summed E-state index contributed by atoms with van der Waals surface area (Å²) in [6.45, 7) is 4.00. The van der Waals surface area contributed by atoms with Gasteiger partial charge < -0.3 is 10.4 Å². The lowest BCUT2D eigenvalue weighted by Gasteiger charge is -2.32. The summed E-state index contributed by atoms with van der Waals surface area (Å²) >= 11 is 1.33. The van der Waals surface area contributed by atoms with Gasteiger partial charge in [-0.25, -0.2) is 0 Å². The topological polar surface area (TPSA) is 61.3 Å². The third kappa shape index (κ3) is 2.09. The summed E-state index contributed by atoms with van der Waals surface area (Å²) in [4.78, 5) is 2.24. The lowest BCUT2D eigenvalue weighted by atomic mass is 10.2. The Morgan fingerprint density at radius 2 is 2.36 bits per heavy atom. The maximum atomic E-state index is 9.32. The molecular weight excluding hydrogens is 200 g/mol. The van der Waals surface area contributed by atoms with Gasteiger partial charge in [0.05, 0.1) is 18.3 Å². The molecule has 1 saturated heterocycles. The van der Waals surface area contributed by atoms with Crippen molar-refractivity contribution < 1.29 is 5.11 Å². The van der Waals surface area contributed by atoms with E-state index < -0.39 is 0 Å². The summed E-state index contributed by atoms with van der Waals surface area (Å²) in [5.74, 6) is 0. The van der Waals surface area contributed by atoms with Crippen LogP contribution in [-0.4, -0.2) is 52.4 Å². The van der Waals surface area contributed by atoms with Crippen molar-refractivity contribution in [3.8, 4) is 0 Å². The third-order valence-corrected chi connectivity index (χ3v) is 3.01. The van der Waals surface area contributed by atoms with Crippen LogP contribution in [0.1, 0.15) is 11.7 Å². The number of aliphatic hydroxyl groups is 1. The molecule has 1 atom stereocenters. The minimum Gasteiger partial charge on any atom is -0.394 e. The lowest BCUT2D eigenvalue weighted by Crippen LogP contribution is -2.46. The molecule has 2 N–H and O–H groups in total. The molecule has 6 heteroatoms. The second-order valence-corrected chi connectivity index (χ2v) is 3.92. The van der Waals surface area contributed by atoms with Gasteiger partial charge in [-0.2, -0.15) is 0 Å². The van der Waals surface area contributed by atoms with Crippen LogP contribution in [0.5, 0.6) is 0 Å². The first-order chi connectivity index (χ1) is 6.92. The molecule has 1 aliphatic heterocycles. The summed E-state index contributed by atoms with van der Waals surface area (Å²) in [5.41, 5.74) is 0.888. The summed E-state index contributed by atoms with van der Waals surface area (Å²) in [5, 5.41) is 18.5. The first-order valence-corrected chi connectivity index (χ1v) is 5.58. The molecule has 0 amide bonds. The van der Waals surface area contributed by atoms with Gasteiger partial charge in [-0.15, -0.1) is 5.10 Å². The predicted molar refractivity (Wildman–Crippen MR) is 54.2 cm³/mol. The zero-order valence-corrected chi connectivity index (χ0v) is 8.70. The van der Waals surface area contributed by atoms with Crippen LogP contribution in [0.2, 0.25) is 0 Å². The Kier molecular flexibility index (Phi) is 3.41. The van der Waals surface area contributed by atoms with E-state index in [2.05, 4.69) is 19.8 Å². The molecule has 2 rings (SSSR count). The minimum atomic E-state index is 0.0239. The van der Waals surface area contributed by atoms with E-state index in [0.29, 0.717) is 0 Å². The molecule has 1 aromatic rings. The number of nitrogens with one attached hydrogen (secondary N) is 1. The van der Waals surface area contributed by atoms with Crippen LogP contribution in [-0.2, 0) is 0 Å². The standard InChI is InChI=1S/C8H14N4OS/c13-5-8(7-6-14-11-10-7)12-3-1-9-2-4-12/h6,8-9,13H,1-5H2. The van der Waals surface area contributed by atoms with Crippen LogP contribution in [0.4, 0.5) is 0 Å². The molecule has 0 aliphatic carbocycles. The number of hydrogen-bond donors (Lipinski definition) is 2. The fourth-order valence-corrected chi connectivity index (χ4v) is 2.21. The van der Waals surface area contributed by atoms with E-state index in [1.54, 1.807) is 0 Å². The van der Waals surface area contributed by atoms with Crippen molar-refractivity contribution in [2.45, 2.75) is 6.04 Å². The molecule has 0 spiro atoms. The molecule has 78 valence electrons. The summed E-state index contributed by atoms with van der Waals surface area (Å²) in [6.07, 6.45) is 0. The molecule has 0 bridgehead atoms. The van der Waals surface area contributed by atoms with Crippen LogP contribution in [0.15, 0.2) is 5.38 Å². The van der Waals surface area contributed by atoms with Gasteiger partial charge in [0, 0.05) is 31.6 Å². The van der Waals surface area contributed by atoms with E-state index in [1.165, 1.54) is 11.5 Å². The van der Waals surface area contributed by atoms with Crippen LogP contribution in [0.3, 0.4) is 0 Å². The van der Waals surface area contributed by atoms with E-state index in [9.17, 15) is 5.11 Å². The van der Waals surface area contributed by atoms with Crippen molar-refractivity contribution in [3.63, 3.8) is 0 Å². The average molecular weight is 214 g/mol. The van der Waals surface area contributed by atoms with Crippen molar-refractivity contribution in [2.75, 3.05) is 32.8 Å². The van der Waals surface area contributed by atoms with Crippen LogP contribution in [0, 0.1) is 0 Å². The highest BCUT2D eigenvalue weighted by atomic mass is 32.1. The second-order valence-electron chi connectivity index (χ2n) is 3.31. The van der Waals surface area contributed by atoms with Gasteiger partial charge in [0.1, 0.15) is 0 Å². The first kappa shape index (κ1) is 9.97. The van der Waals surface area contributed by atoms with Crippen molar-refractivity contribution in [1.82, 2.24) is 19.8 Å². The summed E-state index contributed by atoms with van der Waals surface area (Å²) < 4.78 is 3.82. The van der Waals surface area contributed by atoms with Gasteiger partial charge in [0.15, 0.2) is 0 Å². The molecule has 2 heterocycles. The zero-order valence-electron chi connectivity index (χ0n) is 7.89. The van der Waals surface area contributed by atoms with Crippen molar-refractivity contribution >= 4 is 11.5 Å². The molecule has 0 radical (unpaired) electrons. The van der Waals surface area contributed by atoms with Crippen molar-refractivity contribution in [2.24, 2.45) is 0 Å². The van der Waals surface area contributed by atoms with E-state index in [1.807, 2.05) is 5.38 Å². The predicted octanol–water partition coefficient (Wildman–Crippen LogP) is -0.523. The number of aliphatic hydroxyl groups excluding tert-OH is 1. The molecule has 5 nitrogen and oxygen atoms in total. The third-order valence-electron chi connectivity index (χ3n) is 2.48. The Bertz CT molecular complexity index is 260. The first-order valence-electron chi connectivity index (χ1n) is 4.74. The van der Waals surface area contributed by atoms with Crippen molar-refractivity contribution in [1.29, 1.82) is 0 Å². The highest BCUT2D eigenvalue weighted by molar-refractivity contribution is 7.03. The Labute approximate surface area is 86.9 Å². The van der Waals surface area contributed by atoms with Gasteiger partial charge >= 0.3 is 0 Å². The molecule has 0 saturated carbocycles. The average Bonchev–Trinajstić information content (AvgIpc) is 2.74. The number of rotatable bonds is 3. The van der Waals surface area contributed by atoms with E-state index >= 15 is 0 Å².